The number of ether oxygens (including phenoxy) is 2. The van der Waals surface area contributed by atoms with E-state index in [4.69, 9.17) is 14.6 Å². The maximum atomic E-state index is 11.9. The molecule has 2 N–H and O–H groups in total. The highest BCUT2D eigenvalue weighted by Crippen LogP contribution is 2.28. The summed E-state index contributed by atoms with van der Waals surface area (Å²) in [4.78, 5) is 22.7. The topological polar surface area (TPSA) is 116 Å². The van der Waals surface area contributed by atoms with Gasteiger partial charge in [-0.1, -0.05) is 18.2 Å². The van der Waals surface area contributed by atoms with Crippen molar-refractivity contribution in [3.8, 4) is 11.5 Å². The van der Waals surface area contributed by atoms with Crippen LogP contribution in [-0.4, -0.2) is 45.7 Å². The minimum Gasteiger partial charge on any atom is -0.493 e. The molecule has 0 aliphatic carbocycles. The van der Waals surface area contributed by atoms with Crippen molar-refractivity contribution in [2.45, 2.75) is 26.4 Å². The first-order valence-corrected chi connectivity index (χ1v) is 7.73. The minimum atomic E-state index is -1.19. The number of carboxylic acid groups (broad SMARTS) is 1. The molecule has 1 heterocycles. The molecule has 9 heteroatoms. The molecule has 134 valence electrons. The van der Waals surface area contributed by atoms with Gasteiger partial charge in [-0.2, -0.15) is 0 Å². The van der Waals surface area contributed by atoms with Gasteiger partial charge in [0.1, 0.15) is 6.54 Å². The number of aromatic carboxylic acids is 1. The lowest BCUT2D eigenvalue weighted by Crippen LogP contribution is -2.27. The average Bonchev–Trinajstić information content (AvgIpc) is 3.07. The van der Waals surface area contributed by atoms with Crippen LogP contribution >= 0.6 is 0 Å². The van der Waals surface area contributed by atoms with Crippen molar-refractivity contribution in [2.24, 2.45) is 0 Å². The van der Waals surface area contributed by atoms with Crippen LogP contribution in [0.2, 0.25) is 0 Å². The quantitative estimate of drug-likeness (QED) is 0.697. The van der Waals surface area contributed by atoms with Crippen LogP contribution in [0.4, 0.5) is 0 Å². The molecule has 0 aliphatic rings. The lowest BCUT2D eigenvalue weighted by atomic mass is 10.2. The third-order valence-electron chi connectivity index (χ3n) is 3.24. The van der Waals surface area contributed by atoms with Gasteiger partial charge >= 0.3 is 5.97 Å². The Kier molecular flexibility index (Phi) is 6.33. The van der Waals surface area contributed by atoms with Crippen molar-refractivity contribution in [3.63, 3.8) is 0 Å². The lowest BCUT2D eigenvalue weighted by Gasteiger charge is -2.12. The highest BCUT2D eigenvalue weighted by Gasteiger charge is 2.11. The zero-order valence-corrected chi connectivity index (χ0v) is 14.1. The number of benzene rings is 1. The molecule has 1 aromatic heterocycles. The van der Waals surface area contributed by atoms with Crippen molar-refractivity contribution < 1.29 is 24.2 Å². The van der Waals surface area contributed by atoms with E-state index in [1.54, 1.807) is 19.2 Å². The molecule has 0 radical (unpaired) electrons. The van der Waals surface area contributed by atoms with E-state index in [1.165, 1.54) is 10.9 Å². The molecule has 2 rings (SSSR count). The molecule has 1 amide bonds. The number of hydrogen-bond acceptors (Lipinski definition) is 6. The average molecular weight is 348 g/mol. The summed E-state index contributed by atoms with van der Waals surface area (Å²) < 4.78 is 12.0. The number of aromatic nitrogens is 3. The van der Waals surface area contributed by atoms with E-state index in [0.717, 1.165) is 12.0 Å². The molecule has 0 unspecified atom stereocenters. The SMILES string of the molecule is CCCOc1ccc(CNC(=O)Cn2cc(C(=O)O)nn2)cc1OC. The van der Waals surface area contributed by atoms with Crippen LogP contribution in [0.25, 0.3) is 0 Å². The number of carbonyl (C=O) groups is 2. The third-order valence-corrected chi connectivity index (χ3v) is 3.24. The first kappa shape index (κ1) is 18.2. The fourth-order valence-electron chi connectivity index (χ4n) is 2.03. The summed E-state index contributed by atoms with van der Waals surface area (Å²) in [6.45, 7) is 2.80. The Hall–Kier alpha value is -3.10. The fourth-order valence-corrected chi connectivity index (χ4v) is 2.03. The van der Waals surface area contributed by atoms with Gasteiger partial charge < -0.3 is 19.9 Å². The van der Waals surface area contributed by atoms with Gasteiger partial charge in [0, 0.05) is 6.54 Å². The normalized spacial score (nSPS) is 10.3. The maximum absolute atomic E-state index is 11.9. The molecule has 0 saturated heterocycles. The Morgan fingerprint density at radius 1 is 1.32 bits per heavy atom. The Morgan fingerprint density at radius 3 is 2.76 bits per heavy atom. The molecule has 0 aliphatic heterocycles. The Labute approximate surface area is 144 Å². The molecule has 1 aromatic carbocycles. The van der Waals surface area contributed by atoms with E-state index in [-0.39, 0.29) is 18.1 Å². The van der Waals surface area contributed by atoms with Crippen LogP contribution in [0.1, 0.15) is 29.4 Å². The summed E-state index contributed by atoms with van der Waals surface area (Å²) in [5.41, 5.74) is 0.638. The van der Waals surface area contributed by atoms with Gasteiger partial charge in [0.25, 0.3) is 0 Å². The molecular formula is C16H20N4O5. The molecule has 0 saturated carbocycles. The molecule has 0 spiro atoms. The zero-order chi connectivity index (χ0) is 18.2. The third kappa shape index (κ3) is 5.20. The highest BCUT2D eigenvalue weighted by atomic mass is 16.5. The smallest absolute Gasteiger partial charge is 0.358 e. The molecule has 0 fully saturated rings. The summed E-state index contributed by atoms with van der Waals surface area (Å²) >= 11 is 0. The van der Waals surface area contributed by atoms with E-state index in [2.05, 4.69) is 15.6 Å². The number of rotatable bonds is 9. The first-order valence-electron chi connectivity index (χ1n) is 7.73. The van der Waals surface area contributed by atoms with E-state index < -0.39 is 5.97 Å². The first-order chi connectivity index (χ1) is 12.0. The second-order valence-corrected chi connectivity index (χ2v) is 5.22. The molecule has 0 atom stereocenters. The highest BCUT2D eigenvalue weighted by molar-refractivity contribution is 5.84. The van der Waals surface area contributed by atoms with Crippen molar-refractivity contribution in [3.05, 3.63) is 35.7 Å². The summed E-state index contributed by atoms with van der Waals surface area (Å²) in [7, 11) is 1.56. The predicted octanol–water partition coefficient (Wildman–Crippen LogP) is 1.09. The second-order valence-electron chi connectivity index (χ2n) is 5.22. The van der Waals surface area contributed by atoms with Crippen LogP contribution in [0, 0.1) is 0 Å². The zero-order valence-electron chi connectivity index (χ0n) is 14.1. The summed E-state index contributed by atoms with van der Waals surface area (Å²) in [5.74, 6) is -0.248. The fraction of sp³-hybridized carbons (Fsp3) is 0.375. The van der Waals surface area contributed by atoms with Crippen molar-refractivity contribution in [2.75, 3.05) is 13.7 Å². The van der Waals surface area contributed by atoms with Gasteiger partial charge in [-0.15, -0.1) is 5.10 Å². The minimum absolute atomic E-state index is 0.116. The van der Waals surface area contributed by atoms with Gasteiger partial charge in [0.2, 0.25) is 5.91 Å². The van der Waals surface area contributed by atoms with Gasteiger partial charge in [0.05, 0.1) is 19.9 Å². The number of carboxylic acids is 1. The van der Waals surface area contributed by atoms with Crippen LogP contribution in [0.15, 0.2) is 24.4 Å². The Balaban J connectivity index is 1.91. The van der Waals surface area contributed by atoms with Gasteiger partial charge in [-0.25, -0.2) is 9.48 Å². The van der Waals surface area contributed by atoms with Crippen LogP contribution in [0.3, 0.4) is 0 Å². The van der Waals surface area contributed by atoms with E-state index >= 15 is 0 Å². The number of nitrogens with one attached hydrogen (secondary N) is 1. The summed E-state index contributed by atoms with van der Waals surface area (Å²) in [5, 5.41) is 18.5. The van der Waals surface area contributed by atoms with Gasteiger partial charge in [-0.05, 0) is 24.1 Å². The molecule has 9 nitrogen and oxygen atoms in total. The molecular weight excluding hydrogens is 328 g/mol. The van der Waals surface area contributed by atoms with Gasteiger partial charge in [0.15, 0.2) is 17.2 Å². The standard InChI is InChI=1S/C16H20N4O5/c1-3-6-25-13-5-4-11(7-14(13)24-2)8-17-15(21)10-20-9-12(16(22)23)18-19-20/h4-5,7,9H,3,6,8,10H2,1-2H3,(H,17,21)(H,22,23). The van der Waals surface area contributed by atoms with Crippen LogP contribution in [-0.2, 0) is 17.9 Å². The predicted molar refractivity (Wildman–Crippen MR) is 87.6 cm³/mol. The molecule has 2 aromatic rings. The van der Waals surface area contributed by atoms with E-state index in [0.29, 0.717) is 24.7 Å². The summed E-state index contributed by atoms with van der Waals surface area (Å²) in [6, 6.07) is 5.43. The number of nitrogens with zero attached hydrogens (tertiary/aromatic N) is 3. The van der Waals surface area contributed by atoms with Gasteiger partial charge in [-0.3, -0.25) is 4.79 Å². The van der Waals surface area contributed by atoms with E-state index in [1.807, 2.05) is 13.0 Å². The summed E-state index contributed by atoms with van der Waals surface area (Å²) in [6.07, 6.45) is 2.09. The van der Waals surface area contributed by atoms with Crippen molar-refractivity contribution in [1.82, 2.24) is 20.3 Å². The number of methoxy groups -OCH3 is 1. The maximum Gasteiger partial charge on any atom is 0.358 e. The number of hydrogen-bond donors (Lipinski definition) is 2. The number of amides is 1. The lowest BCUT2D eigenvalue weighted by molar-refractivity contribution is -0.122. The van der Waals surface area contributed by atoms with Crippen molar-refractivity contribution >= 4 is 11.9 Å². The van der Waals surface area contributed by atoms with Crippen LogP contribution in [0.5, 0.6) is 11.5 Å². The Bertz CT molecular complexity index is 744. The van der Waals surface area contributed by atoms with E-state index in [9.17, 15) is 9.59 Å². The largest absolute Gasteiger partial charge is 0.493 e. The van der Waals surface area contributed by atoms with Crippen molar-refractivity contribution in [1.29, 1.82) is 0 Å². The van der Waals surface area contributed by atoms with Crippen LogP contribution < -0.4 is 14.8 Å². The molecule has 0 bridgehead atoms. The monoisotopic (exact) mass is 348 g/mol. The molecule has 25 heavy (non-hydrogen) atoms. The Morgan fingerprint density at radius 2 is 2.12 bits per heavy atom. The second kappa shape index (κ2) is 8.67. The number of carbonyl (C=O) groups excluding carboxylic acids is 1.